The van der Waals surface area contributed by atoms with Crippen LogP contribution in [0.5, 0.6) is 0 Å². The molecule has 3 rings (SSSR count). The highest BCUT2D eigenvalue weighted by Crippen LogP contribution is 2.19. The largest absolute Gasteiger partial charge is 0.352 e. The fraction of sp³-hybridized carbons (Fsp3) is 0.364. The third kappa shape index (κ3) is 6.14. The molecule has 2 amide bonds. The lowest BCUT2D eigenvalue weighted by atomic mass is 10.1. The zero-order valence-corrected chi connectivity index (χ0v) is 17.8. The van der Waals surface area contributed by atoms with Gasteiger partial charge in [-0.15, -0.1) is 0 Å². The molecule has 0 saturated carbocycles. The van der Waals surface area contributed by atoms with Gasteiger partial charge in [-0.05, 0) is 30.2 Å². The van der Waals surface area contributed by atoms with Crippen LogP contribution in [0.1, 0.15) is 23.1 Å². The van der Waals surface area contributed by atoms with E-state index < -0.39 is 10.0 Å². The number of carbonyl (C=O) groups excluding carboxylic acids is 2. The van der Waals surface area contributed by atoms with Crippen LogP contribution >= 0.6 is 0 Å². The van der Waals surface area contributed by atoms with E-state index in [0.717, 1.165) is 12.0 Å². The molecule has 2 N–H and O–H groups in total. The van der Waals surface area contributed by atoms with Gasteiger partial charge in [0.2, 0.25) is 21.8 Å². The SMILES string of the molecule is CNS(=O)(=O)Cc1ccc(CNC(=O)C2CC(=O)N(CCc3ccccc3)C2)cc1. The Balaban J connectivity index is 1.46. The van der Waals surface area contributed by atoms with Gasteiger partial charge in [-0.25, -0.2) is 13.1 Å². The van der Waals surface area contributed by atoms with Crippen molar-refractivity contribution in [1.29, 1.82) is 0 Å². The fourth-order valence-electron chi connectivity index (χ4n) is 3.45. The zero-order chi connectivity index (χ0) is 21.6. The lowest BCUT2D eigenvalue weighted by Crippen LogP contribution is -2.33. The Labute approximate surface area is 177 Å². The lowest BCUT2D eigenvalue weighted by molar-refractivity contribution is -0.129. The van der Waals surface area contributed by atoms with E-state index in [1.54, 1.807) is 29.2 Å². The molecule has 0 aromatic heterocycles. The highest BCUT2D eigenvalue weighted by Gasteiger charge is 2.33. The first-order valence-electron chi connectivity index (χ1n) is 9.95. The van der Waals surface area contributed by atoms with Crippen LogP contribution in [0.2, 0.25) is 0 Å². The van der Waals surface area contributed by atoms with Gasteiger partial charge in [-0.1, -0.05) is 54.6 Å². The topological polar surface area (TPSA) is 95.6 Å². The van der Waals surface area contributed by atoms with Gasteiger partial charge >= 0.3 is 0 Å². The summed E-state index contributed by atoms with van der Waals surface area (Å²) in [5.74, 6) is -0.541. The van der Waals surface area contributed by atoms with Crippen LogP contribution in [0.15, 0.2) is 54.6 Å². The van der Waals surface area contributed by atoms with Crippen LogP contribution in [0.4, 0.5) is 0 Å². The summed E-state index contributed by atoms with van der Waals surface area (Å²) in [6, 6.07) is 17.0. The predicted octanol–water partition coefficient (Wildman–Crippen LogP) is 1.44. The summed E-state index contributed by atoms with van der Waals surface area (Å²) in [5, 5.41) is 2.89. The molecule has 7 nitrogen and oxygen atoms in total. The van der Waals surface area contributed by atoms with Gasteiger partial charge in [0.1, 0.15) is 0 Å². The van der Waals surface area contributed by atoms with Crippen molar-refractivity contribution in [3.05, 3.63) is 71.3 Å². The van der Waals surface area contributed by atoms with Crippen LogP contribution < -0.4 is 10.0 Å². The average Bonchev–Trinajstić information content (AvgIpc) is 3.13. The highest BCUT2D eigenvalue weighted by molar-refractivity contribution is 7.88. The van der Waals surface area contributed by atoms with E-state index in [1.807, 2.05) is 30.3 Å². The molecule has 1 fully saturated rings. The summed E-state index contributed by atoms with van der Waals surface area (Å²) < 4.78 is 25.5. The molecule has 0 spiro atoms. The minimum Gasteiger partial charge on any atom is -0.352 e. The first-order valence-corrected chi connectivity index (χ1v) is 11.6. The number of hydrogen-bond acceptors (Lipinski definition) is 4. The first kappa shape index (κ1) is 22.0. The predicted molar refractivity (Wildman–Crippen MR) is 115 cm³/mol. The minimum atomic E-state index is -3.31. The Kier molecular flexibility index (Phi) is 7.23. The second-order valence-corrected chi connectivity index (χ2v) is 9.40. The first-order chi connectivity index (χ1) is 14.4. The molecule has 30 heavy (non-hydrogen) atoms. The quantitative estimate of drug-likeness (QED) is 0.631. The molecule has 1 atom stereocenters. The van der Waals surface area contributed by atoms with E-state index >= 15 is 0 Å². The van der Waals surface area contributed by atoms with E-state index in [-0.39, 0.29) is 29.9 Å². The number of amides is 2. The smallest absolute Gasteiger partial charge is 0.225 e. The van der Waals surface area contributed by atoms with Crippen LogP contribution in [0.25, 0.3) is 0 Å². The van der Waals surface area contributed by atoms with Crippen molar-refractivity contribution < 1.29 is 18.0 Å². The summed E-state index contributed by atoms with van der Waals surface area (Å²) in [6.45, 7) is 1.40. The number of nitrogens with one attached hydrogen (secondary N) is 2. The Hall–Kier alpha value is -2.71. The van der Waals surface area contributed by atoms with Crippen molar-refractivity contribution in [2.45, 2.75) is 25.1 Å². The molecule has 1 unspecified atom stereocenters. The highest BCUT2D eigenvalue weighted by atomic mass is 32.2. The number of benzene rings is 2. The number of likely N-dealkylation sites (tertiary alicyclic amines) is 1. The summed E-state index contributed by atoms with van der Waals surface area (Å²) in [6.07, 6.45) is 1.01. The number of nitrogens with zero attached hydrogens (tertiary/aromatic N) is 1. The molecule has 1 aliphatic heterocycles. The molecule has 1 saturated heterocycles. The summed E-state index contributed by atoms with van der Waals surface area (Å²) in [4.78, 5) is 26.5. The maximum absolute atomic E-state index is 12.5. The molecule has 160 valence electrons. The van der Waals surface area contributed by atoms with Crippen molar-refractivity contribution >= 4 is 21.8 Å². The van der Waals surface area contributed by atoms with Crippen LogP contribution in [0.3, 0.4) is 0 Å². The monoisotopic (exact) mass is 429 g/mol. The maximum Gasteiger partial charge on any atom is 0.225 e. The third-order valence-electron chi connectivity index (χ3n) is 5.26. The van der Waals surface area contributed by atoms with Crippen molar-refractivity contribution in [3.63, 3.8) is 0 Å². The zero-order valence-electron chi connectivity index (χ0n) is 17.0. The maximum atomic E-state index is 12.5. The fourth-order valence-corrected chi connectivity index (χ4v) is 4.23. The average molecular weight is 430 g/mol. The summed E-state index contributed by atoms with van der Waals surface area (Å²) in [7, 11) is -1.93. The van der Waals surface area contributed by atoms with Gasteiger partial charge in [0.05, 0.1) is 11.7 Å². The summed E-state index contributed by atoms with van der Waals surface area (Å²) in [5.41, 5.74) is 2.72. The molecule has 2 aromatic carbocycles. The lowest BCUT2D eigenvalue weighted by Gasteiger charge is -2.16. The van der Waals surface area contributed by atoms with Crippen LogP contribution in [0, 0.1) is 5.92 Å². The van der Waals surface area contributed by atoms with E-state index in [9.17, 15) is 18.0 Å². The van der Waals surface area contributed by atoms with E-state index in [4.69, 9.17) is 0 Å². The van der Waals surface area contributed by atoms with Gasteiger partial charge in [-0.2, -0.15) is 0 Å². The minimum absolute atomic E-state index is 0.0150. The van der Waals surface area contributed by atoms with Crippen molar-refractivity contribution in [2.24, 2.45) is 5.92 Å². The van der Waals surface area contributed by atoms with Crippen molar-refractivity contribution in [3.8, 4) is 0 Å². The second kappa shape index (κ2) is 9.86. The van der Waals surface area contributed by atoms with E-state index in [1.165, 1.54) is 12.6 Å². The Morgan fingerprint density at radius 1 is 1.03 bits per heavy atom. The van der Waals surface area contributed by atoms with E-state index in [0.29, 0.717) is 25.2 Å². The molecular weight excluding hydrogens is 402 g/mol. The second-order valence-electron chi connectivity index (χ2n) is 7.47. The number of rotatable bonds is 9. The Bertz CT molecular complexity index is 975. The summed E-state index contributed by atoms with van der Waals surface area (Å²) >= 11 is 0. The molecule has 1 aliphatic rings. The van der Waals surface area contributed by atoms with Crippen molar-refractivity contribution in [1.82, 2.24) is 14.9 Å². The molecule has 0 radical (unpaired) electrons. The van der Waals surface area contributed by atoms with Gasteiger partial charge in [0.15, 0.2) is 0 Å². The van der Waals surface area contributed by atoms with Gasteiger partial charge < -0.3 is 10.2 Å². The van der Waals surface area contributed by atoms with Gasteiger partial charge in [0, 0.05) is 26.1 Å². The number of hydrogen-bond donors (Lipinski definition) is 2. The van der Waals surface area contributed by atoms with Crippen molar-refractivity contribution in [2.75, 3.05) is 20.1 Å². The molecule has 1 heterocycles. The van der Waals surface area contributed by atoms with Gasteiger partial charge in [0.25, 0.3) is 0 Å². The number of carbonyl (C=O) groups is 2. The molecule has 8 heteroatoms. The molecule has 2 aromatic rings. The van der Waals surface area contributed by atoms with Crippen LogP contribution in [-0.4, -0.2) is 45.3 Å². The number of sulfonamides is 1. The van der Waals surface area contributed by atoms with Crippen LogP contribution in [-0.2, 0) is 38.3 Å². The Morgan fingerprint density at radius 3 is 2.37 bits per heavy atom. The normalized spacial score (nSPS) is 16.6. The molecule has 0 aliphatic carbocycles. The van der Waals surface area contributed by atoms with Gasteiger partial charge in [-0.3, -0.25) is 9.59 Å². The molecule has 0 bridgehead atoms. The Morgan fingerprint density at radius 2 is 1.70 bits per heavy atom. The third-order valence-corrected chi connectivity index (χ3v) is 6.59. The molecular formula is C22H27N3O4S. The van der Waals surface area contributed by atoms with E-state index in [2.05, 4.69) is 10.0 Å². The standard InChI is InChI=1S/C22H27N3O4S/c1-23-30(28,29)16-19-9-7-18(8-10-19)14-24-22(27)20-13-21(26)25(15-20)12-11-17-5-3-2-4-6-17/h2-10,20,23H,11-16H2,1H3,(H,24,27).